The summed E-state index contributed by atoms with van der Waals surface area (Å²) in [5, 5.41) is 6.99. The number of benzene rings is 2. The Bertz CT molecular complexity index is 624. The van der Waals surface area contributed by atoms with Gasteiger partial charge in [0.15, 0.2) is 0 Å². The van der Waals surface area contributed by atoms with Crippen molar-refractivity contribution in [1.29, 1.82) is 0 Å². The van der Waals surface area contributed by atoms with Crippen molar-refractivity contribution in [3.63, 3.8) is 0 Å². The van der Waals surface area contributed by atoms with E-state index in [0.717, 1.165) is 63.7 Å². The second kappa shape index (κ2) is 17.5. The fourth-order valence-electron chi connectivity index (χ4n) is 3.46. The van der Waals surface area contributed by atoms with Crippen molar-refractivity contribution in [2.45, 2.75) is 78.3 Å². The van der Waals surface area contributed by atoms with Gasteiger partial charge in [0, 0.05) is 13.1 Å². The third kappa shape index (κ3) is 12.1. The minimum Gasteiger partial charge on any atom is -0.494 e. The van der Waals surface area contributed by atoms with Crippen molar-refractivity contribution in [2.24, 2.45) is 0 Å². The second-order valence-corrected chi connectivity index (χ2v) is 8.46. The molecule has 0 spiro atoms. The second-order valence-electron chi connectivity index (χ2n) is 8.46. The zero-order valence-corrected chi connectivity index (χ0v) is 20.3. The molecule has 0 bridgehead atoms. The molecule has 2 rings (SSSR count). The Labute approximate surface area is 196 Å². The van der Waals surface area contributed by atoms with E-state index in [4.69, 9.17) is 9.47 Å². The summed E-state index contributed by atoms with van der Waals surface area (Å²) in [4.78, 5) is 0. The van der Waals surface area contributed by atoms with Crippen LogP contribution in [0.5, 0.6) is 11.5 Å². The van der Waals surface area contributed by atoms with Crippen LogP contribution in [0.1, 0.15) is 76.3 Å². The van der Waals surface area contributed by atoms with E-state index in [-0.39, 0.29) is 0 Å². The summed E-state index contributed by atoms with van der Waals surface area (Å²) >= 11 is 0. The Hall–Kier alpha value is -2.04. The van der Waals surface area contributed by atoms with Gasteiger partial charge in [0.05, 0.1) is 13.2 Å². The Morgan fingerprint density at radius 1 is 0.531 bits per heavy atom. The number of hydrogen-bond acceptors (Lipinski definition) is 4. The van der Waals surface area contributed by atoms with Gasteiger partial charge in [-0.05, 0) is 74.2 Å². The number of nitrogens with one attached hydrogen (secondary N) is 2. The zero-order valence-electron chi connectivity index (χ0n) is 20.3. The summed E-state index contributed by atoms with van der Waals surface area (Å²) in [6.45, 7) is 9.96. The lowest BCUT2D eigenvalue weighted by Gasteiger charge is -2.10. The fourth-order valence-corrected chi connectivity index (χ4v) is 3.46. The average Bonchev–Trinajstić information content (AvgIpc) is 2.83. The molecule has 0 aliphatic rings. The van der Waals surface area contributed by atoms with Crippen LogP contribution in [-0.4, -0.2) is 26.3 Å². The predicted molar refractivity (Wildman–Crippen MR) is 136 cm³/mol. The van der Waals surface area contributed by atoms with Crippen LogP contribution in [0.2, 0.25) is 0 Å². The van der Waals surface area contributed by atoms with Crippen LogP contribution in [0.4, 0.5) is 0 Å². The third-order valence-corrected chi connectivity index (χ3v) is 5.50. The largest absolute Gasteiger partial charge is 0.494 e. The molecule has 0 fully saturated rings. The van der Waals surface area contributed by atoms with Crippen LogP contribution in [0, 0.1) is 0 Å². The Balaban J connectivity index is 1.50. The summed E-state index contributed by atoms with van der Waals surface area (Å²) in [5.74, 6) is 1.89. The van der Waals surface area contributed by atoms with Crippen molar-refractivity contribution in [1.82, 2.24) is 10.6 Å². The van der Waals surface area contributed by atoms with Gasteiger partial charge in [-0.3, -0.25) is 0 Å². The number of unbranched alkanes of at least 4 members (excludes halogenated alkanes) is 5. The summed E-state index contributed by atoms with van der Waals surface area (Å²) in [6, 6.07) is 16.9. The van der Waals surface area contributed by atoms with Crippen LogP contribution >= 0.6 is 0 Å². The van der Waals surface area contributed by atoms with Gasteiger partial charge in [-0.1, -0.05) is 63.8 Å². The molecule has 2 aromatic carbocycles. The van der Waals surface area contributed by atoms with Gasteiger partial charge >= 0.3 is 0 Å². The van der Waals surface area contributed by atoms with Crippen molar-refractivity contribution in [2.75, 3.05) is 26.3 Å². The Morgan fingerprint density at radius 2 is 0.938 bits per heavy atom. The number of rotatable bonds is 19. The summed E-state index contributed by atoms with van der Waals surface area (Å²) in [5.41, 5.74) is 2.61. The summed E-state index contributed by atoms with van der Waals surface area (Å²) in [7, 11) is 0. The molecule has 0 saturated carbocycles. The first-order valence-electron chi connectivity index (χ1n) is 12.7. The highest BCUT2D eigenvalue weighted by molar-refractivity contribution is 5.28. The number of hydrogen-bond donors (Lipinski definition) is 2. The van der Waals surface area contributed by atoms with Gasteiger partial charge in [-0.15, -0.1) is 0 Å². The van der Waals surface area contributed by atoms with Gasteiger partial charge in [-0.2, -0.15) is 0 Å². The summed E-state index contributed by atoms with van der Waals surface area (Å²) < 4.78 is 11.7. The normalized spacial score (nSPS) is 10.9. The van der Waals surface area contributed by atoms with Crippen molar-refractivity contribution in [3.05, 3.63) is 59.7 Å². The lowest BCUT2D eigenvalue weighted by Crippen LogP contribution is -2.14. The monoisotopic (exact) mass is 440 g/mol. The molecule has 0 aliphatic carbocycles. The van der Waals surface area contributed by atoms with Crippen molar-refractivity contribution >= 4 is 0 Å². The van der Waals surface area contributed by atoms with Crippen LogP contribution in [-0.2, 0) is 13.1 Å². The highest BCUT2D eigenvalue weighted by Gasteiger charge is 1.99. The van der Waals surface area contributed by atoms with E-state index in [0.29, 0.717) is 0 Å². The molecule has 4 heteroatoms. The molecule has 0 aliphatic heterocycles. The van der Waals surface area contributed by atoms with Gasteiger partial charge in [-0.25, -0.2) is 0 Å². The third-order valence-electron chi connectivity index (χ3n) is 5.50. The van der Waals surface area contributed by atoms with Crippen LogP contribution in [0.15, 0.2) is 48.5 Å². The van der Waals surface area contributed by atoms with E-state index in [2.05, 4.69) is 73.0 Å². The van der Waals surface area contributed by atoms with Crippen molar-refractivity contribution < 1.29 is 9.47 Å². The van der Waals surface area contributed by atoms with E-state index in [1.54, 1.807) is 0 Å². The minimum atomic E-state index is 0.723. The molecule has 0 radical (unpaired) electrons. The number of ether oxygens (including phenoxy) is 2. The first-order chi connectivity index (χ1) is 15.8. The molecule has 2 aromatic rings. The van der Waals surface area contributed by atoms with E-state index in [1.165, 1.54) is 49.7 Å². The Morgan fingerprint density at radius 3 is 1.31 bits per heavy atom. The standard InChI is InChI=1S/C28H44N2O2/c1-3-5-7-19-29-23-25-11-15-27(16-12-25)31-21-9-10-22-32-28-17-13-26(14-18-28)24-30-20-8-6-4-2/h11-18,29-30H,3-10,19-24H2,1-2H3. The highest BCUT2D eigenvalue weighted by atomic mass is 16.5. The minimum absolute atomic E-state index is 0.723. The quantitative estimate of drug-likeness (QED) is 0.245. The molecule has 0 unspecified atom stereocenters. The van der Waals surface area contributed by atoms with Crippen molar-refractivity contribution in [3.8, 4) is 11.5 Å². The Kier molecular flexibility index (Phi) is 14.3. The molecular weight excluding hydrogens is 396 g/mol. The molecule has 32 heavy (non-hydrogen) atoms. The maximum Gasteiger partial charge on any atom is 0.119 e. The van der Waals surface area contributed by atoms with Gasteiger partial charge in [0.1, 0.15) is 11.5 Å². The maximum atomic E-state index is 5.87. The molecule has 0 saturated heterocycles. The molecule has 0 aromatic heterocycles. The summed E-state index contributed by atoms with van der Waals surface area (Å²) in [6.07, 6.45) is 9.62. The molecular formula is C28H44N2O2. The molecule has 2 N–H and O–H groups in total. The van der Waals surface area contributed by atoms with E-state index in [1.807, 2.05) is 0 Å². The maximum absolute atomic E-state index is 5.87. The molecule has 0 heterocycles. The first kappa shape index (κ1) is 26.2. The van der Waals surface area contributed by atoms with Gasteiger partial charge in [0.2, 0.25) is 0 Å². The SMILES string of the molecule is CCCCCNCc1ccc(OCCCCOc2ccc(CNCCCCC)cc2)cc1. The highest BCUT2D eigenvalue weighted by Crippen LogP contribution is 2.14. The fraction of sp³-hybridized carbons (Fsp3) is 0.571. The van der Waals surface area contributed by atoms with Crippen LogP contribution in [0.25, 0.3) is 0 Å². The van der Waals surface area contributed by atoms with E-state index < -0.39 is 0 Å². The predicted octanol–water partition coefficient (Wildman–Crippen LogP) is 6.48. The molecule has 4 nitrogen and oxygen atoms in total. The first-order valence-corrected chi connectivity index (χ1v) is 12.7. The van der Waals surface area contributed by atoms with E-state index >= 15 is 0 Å². The van der Waals surface area contributed by atoms with Crippen LogP contribution < -0.4 is 20.1 Å². The lowest BCUT2D eigenvalue weighted by atomic mass is 10.2. The smallest absolute Gasteiger partial charge is 0.119 e. The molecule has 0 amide bonds. The average molecular weight is 441 g/mol. The van der Waals surface area contributed by atoms with E-state index in [9.17, 15) is 0 Å². The van der Waals surface area contributed by atoms with Gasteiger partial charge in [0.25, 0.3) is 0 Å². The topological polar surface area (TPSA) is 42.5 Å². The molecule has 178 valence electrons. The van der Waals surface area contributed by atoms with Gasteiger partial charge < -0.3 is 20.1 Å². The lowest BCUT2D eigenvalue weighted by molar-refractivity contribution is 0.266. The molecule has 0 atom stereocenters. The van der Waals surface area contributed by atoms with Crippen LogP contribution in [0.3, 0.4) is 0 Å². The zero-order chi connectivity index (χ0) is 22.7.